The molecule has 1 aliphatic carbocycles. The third kappa shape index (κ3) is 2.35. The molecule has 0 amide bonds. The van der Waals surface area contributed by atoms with Crippen LogP contribution in [0.2, 0.25) is 0 Å². The molecule has 0 spiro atoms. The summed E-state index contributed by atoms with van der Waals surface area (Å²) in [5.74, 6) is 0.325. The van der Waals surface area contributed by atoms with E-state index < -0.39 is 11.2 Å². The van der Waals surface area contributed by atoms with Gasteiger partial charge in [0.15, 0.2) is 5.60 Å². The zero-order valence-corrected chi connectivity index (χ0v) is 14.0. The molecule has 0 aromatic heterocycles. The number of ether oxygens (including phenoxy) is 2. The fourth-order valence-electron chi connectivity index (χ4n) is 3.95. The quantitative estimate of drug-likeness (QED) is 0.473. The minimum absolute atomic E-state index is 0.254. The van der Waals surface area contributed by atoms with Crippen molar-refractivity contribution in [1.29, 1.82) is 0 Å². The topological polar surface area (TPSA) is 38.8 Å². The lowest BCUT2D eigenvalue weighted by Crippen LogP contribution is -2.35. The SMILES string of the molecule is Cc1ccc(C23CCCCCC2(C(=O)Oc2ccccc2)O3)cc1. The van der Waals surface area contributed by atoms with Gasteiger partial charge in [0.1, 0.15) is 11.4 Å². The summed E-state index contributed by atoms with van der Waals surface area (Å²) in [4.78, 5) is 13.0. The van der Waals surface area contributed by atoms with Crippen molar-refractivity contribution in [2.45, 2.75) is 50.2 Å². The fourth-order valence-corrected chi connectivity index (χ4v) is 3.95. The third-order valence-electron chi connectivity index (χ3n) is 5.32. The average Bonchev–Trinajstić information content (AvgIpc) is 3.28. The largest absolute Gasteiger partial charge is 0.424 e. The molecular weight excluding hydrogens is 300 g/mol. The van der Waals surface area contributed by atoms with E-state index in [0.29, 0.717) is 5.75 Å². The zero-order chi connectivity index (χ0) is 16.6. The molecule has 2 aromatic carbocycles. The van der Waals surface area contributed by atoms with Crippen molar-refractivity contribution < 1.29 is 14.3 Å². The minimum atomic E-state index is -0.825. The maximum absolute atomic E-state index is 13.0. The van der Waals surface area contributed by atoms with Crippen LogP contribution in [0.4, 0.5) is 0 Å². The van der Waals surface area contributed by atoms with Crippen LogP contribution in [0.5, 0.6) is 5.75 Å². The lowest BCUT2D eigenvalue weighted by Gasteiger charge is -2.17. The standard InChI is InChI=1S/C21H22O3/c1-16-10-12-17(13-11-16)20-14-6-3-7-15-21(20,24-20)19(22)23-18-8-4-2-5-9-18/h2,4-5,8-13H,3,6-7,14-15H2,1H3. The van der Waals surface area contributed by atoms with Crippen molar-refractivity contribution >= 4 is 5.97 Å². The fraction of sp³-hybridized carbons (Fsp3) is 0.381. The molecule has 2 atom stereocenters. The molecule has 1 aliphatic heterocycles. The number of hydrogen-bond donors (Lipinski definition) is 0. The van der Waals surface area contributed by atoms with Crippen molar-refractivity contribution in [3.63, 3.8) is 0 Å². The highest BCUT2D eigenvalue weighted by Gasteiger charge is 2.75. The van der Waals surface area contributed by atoms with E-state index in [1.54, 1.807) is 12.1 Å². The normalized spacial score (nSPS) is 28.5. The number of fused-ring (bicyclic) bond motifs is 1. The molecular formula is C21H22O3. The molecule has 3 heteroatoms. The average molecular weight is 322 g/mol. The lowest BCUT2D eigenvalue weighted by molar-refractivity contribution is -0.140. The molecule has 2 unspecified atom stereocenters. The predicted octanol–water partition coefficient (Wildman–Crippen LogP) is 4.53. The van der Waals surface area contributed by atoms with Crippen molar-refractivity contribution in [1.82, 2.24) is 0 Å². The highest BCUT2D eigenvalue weighted by Crippen LogP contribution is 2.63. The van der Waals surface area contributed by atoms with Gasteiger partial charge in [-0.15, -0.1) is 0 Å². The number of esters is 1. The van der Waals surface area contributed by atoms with Gasteiger partial charge in [-0.1, -0.05) is 60.9 Å². The van der Waals surface area contributed by atoms with Gasteiger partial charge >= 0.3 is 5.97 Å². The molecule has 124 valence electrons. The molecule has 2 aromatic rings. The van der Waals surface area contributed by atoms with Gasteiger partial charge in [0.25, 0.3) is 0 Å². The Morgan fingerprint density at radius 2 is 1.67 bits per heavy atom. The van der Waals surface area contributed by atoms with Crippen LogP contribution in [0.15, 0.2) is 54.6 Å². The van der Waals surface area contributed by atoms with Crippen LogP contribution in [0.3, 0.4) is 0 Å². The van der Waals surface area contributed by atoms with Crippen LogP contribution in [0.1, 0.15) is 43.2 Å². The van der Waals surface area contributed by atoms with Gasteiger partial charge in [-0.05, 0) is 43.9 Å². The second kappa shape index (κ2) is 5.75. The molecule has 4 rings (SSSR count). The van der Waals surface area contributed by atoms with Crippen LogP contribution in [-0.4, -0.2) is 11.6 Å². The molecule has 2 aliphatic rings. The molecule has 1 saturated carbocycles. The molecule has 3 nitrogen and oxygen atoms in total. The molecule has 0 bridgehead atoms. The van der Waals surface area contributed by atoms with E-state index in [9.17, 15) is 4.79 Å². The van der Waals surface area contributed by atoms with Gasteiger partial charge in [-0.3, -0.25) is 0 Å². The van der Waals surface area contributed by atoms with E-state index in [2.05, 4.69) is 31.2 Å². The monoisotopic (exact) mass is 322 g/mol. The lowest BCUT2D eigenvalue weighted by atomic mass is 9.82. The Morgan fingerprint density at radius 1 is 0.958 bits per heavy atom. The van der Waals surface area contributed by atoms with E-state index in [-0.39, 0.29) is 5.97 Å². The number of carbonyl (C=O) groups is 1. The van der Waals surface area contributed by atoms with Crippen molar-refractivity contribution in [2.24, 2.45) is 0 Å². The van der Waals surface area contributed by atoms with Crippen LogP contribution in [0, 0.1) is 6.92 Å². The summed E-state index contributed by atoms with van der Waals surface area (Å²) in [6.07, 6.45) is 4.82. The maximum atomic E-state index is 13.0. The molecule has 2 fully saturated rings. The molecule has 0 radical (unpaired) electrons. The number of epoxide rings is 1. The van der Waals surface area contributed by atoms with Crippen molar-refractivity contribution in [3.8, 4) is 5.75 Å². The number of benzene rings is 2. The Hall–Kier alpha value is -2.13. The molecule has 24 heavy (non-hydrogen) atoms. The maximum Gasteiger partial charge on any atom is 0.347 e. The Bertz CT molecular complexity index is 737. The summed E-state index contributed by atoms with van der Waals surface area (Å²) in [7, 11) is 0. The molecule has 1 heterocycles. The first-order chi connectivity index (χ1) is 11.7. The minimum Gasteiger partial charge on any atom is -0.424 e. The summed E-state index contributed by atoms with van der Waals surface area (Å²) in [6, 6.07) is 17.6. The summed E-state index contributed by atoms with van der Waals surface area (Å²) < 4.78 is 11.9. The predicted molar refractivity (Wildman–Crippen MR) is 91.8 cm³/mol. The van der Waals surface area contributed by atoms with Gasteiger partial charge in [0.05, 0.1) is 0 Å². The van der Waals surface area contributed by atoms with Crippen LogP contribution >= 0.6 is 0 Å². The number of carbonyl (C=O) groups excluding carboxylic acids is 1. The van der Waals surface area contributed by atoms with E-state index in [0.717, 1.165) is 37.7 Å². The number of rotatable bonds is 3. The zero-order valence-electron chi connectivity index (χ0n) is 14.0. The van der Waals surface area contributed by atoms with E-state index in [4.69, 9.17) is 9.47 Å². The summed E-state index contributed by atoms with van der Waals surface area (Å²) in [5.41, 5.74) is 0.972. The van der Waals surface area contributed by atoms with E-state index >= 15 is 0 Å². The summed E-state index contributed by atoms with van der Waals surface area (Å²) in [6.45, 7) is 2.07. The first-order valence-electron chi connectivity index (χ1n) is 8.71. The van der Waals surface area contributed by atoms with Crippen molar-refractivity contribution in [3.05, 3.63) is 65.7 Å². The number of aryl methyl sites for hydroxylation is 1. The van der Waals surface area contributed by atoms with Crippen molar-refractivity contribution in [2.75, 3.05) is 0 Å². The van der Waals surface area contributed by atoms with E-state index in [1.165, 1.54) is 5.56 Å². The van der Waals surface area contributed by atoms with Crippen LogP contribution in [0.25, 0.3) is 0 Å². The Morgan fingerprint density at radius 3 is 2.42 bits per heavy atom. The highest BCUT2D eigenvalue weighted by molar-refractivity contribution is 5.87. The Kier molecular flexibility index (Phi) is 3.69. The molecule has 1 saturated heterocycles. The first kappa shape index (κ1) is 15.4. The first-order valence-corrected chi connectivity index (χ1v) is 8.71. The summed E-state index contributed by atoms with van der Waals surface area (Å²) in [5, 5.41) is 0. The third-order valence-corrected chi connectivity index (χ3v) is 5.32. The Labute approximate surface area is 142 Å². The Balaban J connectivity index is 1.66. The van der Waals surface area contributed by atoms with E-state index in [1.807, 2.05) is 18.2 Å². The second-order valence-electron chi connectivity index (χ2n) is 6.89. The highest BCUT2D eigenvalue weighted by atomic mass is 16.7. The van der Waals surface area contributed by atoms with Crippen LogP contribution < -0.4 is 4.74 Å². The summed E-state index contributed by atoms with van der Waals surface area (Å²) >= 11 is 0. The van der Waals surface area contributed by atoms with Crippen LogP contribution in [-0.2, 0) is 15.1 Å². The van der Waals surface area contributed by atoms with Gasteiger partial charge < -0.3 is 9.47 Å². The van der Waals surface area contributed by atoms with Gasteiger partial charge in [0, 0.05) is 0 Å². The van der Waals surface area contributed by atoms with Gasteiger partial charge in [-0.25, -0.2) is 4.79 Å². The number of para-hydroxylation sites is 1. The second-order valence-corrected chi connectivity index (χ2v) is 6.89. The molecule has 0 N–H and O–H groups in total. The van der Waals surface area contributed by atoms with Gasteiger partial charge in [-0.2, -0.15) is 0 Å². The van der Waals surface area contributed by atoms with Gasteiger partial charge in [0.2, 0.25) is 0 Å². The number of hydrogen-bond acceptors (Lipinski definition) is 3. The smallest absolute Gasteiger partial charge is 0.347 e.